The van der Waals surface area contributed by atoms with Gasteiger partial charge in [0.25, 0.3) is 0 Å². The van der Waals surface area contributed by atoms with Crippen LogP contribution in [0.2, 0.25) is 0 Å². The van der Waals surface area contributed by atoms with E-state index in [-0.39, 0.29) is 36.3 Å². The lowest BCUT2D eigenvalue weighted by molar-refractivity contribution is -0.141. The maximum atomic E-state index is 14.0. The van der Waals surface area contributed by atoms with Crippen molar-refractivity contribution in [2.24, 2.45) is 5.92 Å². The van der Waals surface area contributed by atoms with Crippen molar-refractivity contribution in [2.45, 2.75) is 57.0 Å². The number of carbonyl (C=O) groups excluding carboxylic acids is 1. The number of hydrogen-bond donors (Lipinski definition) is 1. The minimum Gasteiger partial charge on any atom is -0.396 e. The Hall–Kier alpha value is -3.09. The fourth-order valence-electron chi connectivity index (χ4n) is 6.01. The second kappa shape index (κ2) is 11.5. The molecule has 0 bridgehead atoms. The molecule has 1 amide bonds. The zero-order chi connectivity index (χ0) is 25.8. The summed E-state index contributed by atoms with van der Waals surface area (Å²) in [7, 11) is 2.15. The Bertz CT molecular complexity index is 1190. The molecule has 3 heterocycles. The van der Waals surface area contributed by atoms with E-state index in [9.17, 15) is 9.90 Å². The number of aliphatic hydroxyl groups excluding tert-OH is 1. The van der Waals surface area contributed by atoms with Crippen LogP contribution in [0.25, 0.3) is 0 Å². The van der Waals surface area contributed by atoms with Crippen LogP contribution in [0.3, 0.4) is 0 Å². The van der Waals surface area contributed by atoms with Gasteiger partial charge in [0.15, 0.2) is 0 Å². The third-order valence-corrected chi connectivity index (χ3v) is 8.22. The zero-order valence-corrected chi connectivity index (χ0v) is 22.0. The summed E-state index contributed by atoms with van der Waals surface area (Å²) < 4.78 is 0. The van der Waals surface area contributed by atoms with Crippen LogP contribution in [0, 0.1) is 5.92 Å². The number of nitrogens with zero attached hydrogens (tertiary/aromatic N) is 4. The number of aromatic nitrogens is 2. The lowest BCUT2D eigenvalue weighted by atomic mass is 9.79. The summed E-state index contributed by atoms with van der Waals surface area (Å²) in [6.07, 6.45) is 5.10. The molecule has 1 saturated heterocycles. The third kappa shape index (κ3) is 5.76. The lowest BCUT2D eigenvalue weighted by Crippen LogP contribution is -2.50. The lowest BCUT2D eigenvalue weighted by Gasteiger charge is -2.42. The Labute approximate surface area is 220 Å². The van der Waals surface area contributed by atoms with Gasteiger partial charge < -0.3 is 14.9 Å². The average molecular weight is 499 g/mol. The molecular formula is C31H38N4O2. The molecule has 1 aromatic heterocycles. The number of hydrogen-bond acceptors (Lipinski definition) is 5. The summed E-state index contributed by atoms with van der Waals surface area (Å²) in [5.74, 6) is 1.30. The SMILES string of the molecule is C[C@@H]1Cc2cnc(CC[C@@H](CO)c3ccccc3)nc2CN1C(=O)[C@H]1CCN(C)C[C@@H]1c1ccccc1. The van der Waals surface area contributed by atoms with E-state index in [1.54, 1.807) is 0 Å². The Kier molecular flexibility index (Phi) is 7.96. The minimum atomic E-state index is -0.0138. The van der Waals surface area contributed by atoms with Crippen molar-refractivity contribution in [1.29, 1.82) is 0 Å². The highest BCUT2D eigenvalue weighted by atomic mass is 16.3. The first-order valence-corrected chi connectivity index (χ1v) is 13.6. The van der Waals surface area contributed by atoms with Crippen LogP contribution < -0.4 is 0 Å². The molecule has 2 aliphatic heterocycles. The third-order valence-electron chi connectivity index (χ3n) is 8.22. The van der Waals surface area contributed by atoms with E-state index in [0.717, 1.165) is 55.0 Å². The largest absolute Gasteiger partial charge is 0.396 e. The van der Waals surface area contributed by atoms with E-state index in [2.05, 4.69) is 65.2 Å². The normalized spacial score (nSPS) is 22.9. The molecule has 6 nitrogen and oxygen atoms in total. The van der Waals surface area contributed by atoms with Gasteiger partial charge in [-0.1, -0.05) is 60.7 Å². The standard InChI is InChI=1S/C31H38N4O2/c1-22-17-26-18-32-30(14-13-25(21-36)23-9-5-3-6-10-23)33-29(26)20-35(22)31(37)27-15-16-34(2)19-28(27)24-11-7-4-8-12-24/h3-12,18,22,25,27-28,36H,13-17,19-21H2,1-2H3/t22-,25+,27+,28-/m1/s1. The Morgan fingerprint density at radius 3 is 2.57 bits per heavy atom. The highest BCUT2D eigenvalue weighted by Crippen LogP contribution is 2.35. The van der Waals surface area contributed by atoms with E-state index >= 15 is 0 Å². The number of carbonyl (C=O) groups is 1. The number of benzene rings is 2. The number of likely N-dealkylation sites (tertiary alicyclic amines) is 1. The molecule has 194 valence electrons. The maximum Gasteiger partial charge on any atom is 0.227 e. The molecule has 4 atom stereocenters. The number of aryl methyl sites for hydroxylation is 1. The average Bonchev–Trinajstić information content (AvgIpc) is 2.94. The summed E-state index contributed by atoms with van der Waals surface area (Å²) in [6, 6.07) is 20.8. The van der Waals surface area contributed by atoms with Gasteiger partial charge in [-0.3, -0.25) is 4.79 Å². The van der Waals surface area contributed by atoms with Crippen molar-refractivity contribution in [3.8, 4) is 0 Å². The number of amides is 1. The van der Waals surface area contributed by atoms with E-state index in [4.69, 9.17) is 4.98 Å². The molecule has 1 N–H and O–H groups in total. The number of fused-ring (bicyclic) bond motifs is 1. The molecule has 0 saturated carbocycles. The van der Waals surface area contributed by atoms with E-state index < -0.39 is 0 Å². The van der Waals surface area contributed by atoms with Crippen LogP contribution in [-0.4, -0.2) is 63.6 Å². The van der Waals surface area contributed by atoms with Crippen LogP contribution in [0.4, 0.5) is 0 Å². The van der Waals surface area contributed by atoms with Crippen molar-refractivity contribution in [2.75, 3.05) is 26.7 Å². The molecule has 0 unspecified atom stereocenters. The number of aliphatic hydroxyl groups is 1. The van der Waals surface area contributed by atoms with Gasteiger partial charge >= 0.3 is 0 Å². The molecule has 2 aromatic carbocycles. The second-order valence-corrected chi connectivity index (χ2v) is 10.8. The molecule has 2 aliphatic rings. The fourth-order valence-corrected chi connectivity index (χ4v) is 6.01. The van der Waals surface area contributed by atoms with Gasteiger partial charge in [0.1, 0.15) is 5.82 Å². The molecule has 5 rings (SSSR count). The number of piperidine rings is 1. The van der Waals surface area contributed by atoms with Crippen LogP contribution in [-0.2, 0) is 24.2 Å². The zero-order valence-electron chi connectivity index (χ0n) is 22.0. The van der Waals surface area contributed by atoms with Gasteiger partial charge in [-0.2, -0.15) is 0 Å². The van der Waals surface area contributed by atoms with Crippen molar-refractivity contribution < 1.29 is 9.90 Å². The van der Waals surface area contributed by atoms with Gasteiger partial charge in [-0.15, -0.1) is 0 Å². The summed E-state index contributed by atoms with van der Waals surface area (Å²) in [4.78, 5) is 28.0. The van der Waals surface area contributed by atoms with Crippen LogP contribution in [0.5, 0.6) is 0 Å². The smallest absolute Gasteiger partial charge is 0.227 e. The van der Waals surface area contributed by atoms with Gasteiger partial charge in [-0.05, 0) is 56.5 Å². The summed E-state index contributed by atoms with van der Waals surface area (Å²) in [5.41, 5.74) is 4.50. The Balaban J connectivity index is 1.31. The predicted octanol–water partition coefficient (Wildman–Crippen LogP) is 4.19. The van der Waals surface area contributed by atoms with Crippen LogP contribution >= 0.6 is 0 Å². The van der Waals surface area contributed by atoms with Crippen molar-refractivity contribution >= 4 is 5.91 Å². The quantitative estimate of drug-likeness (QED) is 0.529. The summed E-state index contributed by atoms with van der Waals surface area (Å²) in [5, 5.41) is 9.93. The molecule has 0 radical (unpaired) electrons. The first-order valence-electron chi connectivity index (χ1n) is 13.6. The van der Waals surface area contributed by atoms with E-state index in [1.165, 1.54) is 5.56 Å². The minimum absolute atomic E-state index is 0.0138. The van der Waals surface area contributed by atoms with Crippen molar-refractivity contribution in [3.63, 3.8) is 0 Å². The van der Waals surface area contributed by atoms with Gasteiger partial charge in [-0.25, -0.2) is 9.97 Å². The number of rotatable bonds is 7. The monoisotopic (exact) mass is 498 g/mol. The highest BCUT2D eigenvalue weighted by molar-refractivity contribution is 5.80. The molecule has 0 aliphatic carbocycles. The Morgan fingerprint density at radius 1 is 1.11 bits per heavy atom. The maximum absolute atomic E-state index is 14.0. The van der Waals surface area contributed by atoms with Crippen LogP contribution in [0.1, 0.15) is 59.8 Å². The van der Waals surface area contributed by atoms with Gasteiger partial charge in [0.2, 0.25) is 5.91 Å². The molecule has 1 fully saturated rings. The predicted molar refractivity (Wildman–Crippen MR) is 145 cm³/mol. The molecule has 3 aromatic rings. The van der Waals surface area contributed by atoms with Gasteiger partial charge in [0.05, 0.1) is 12.2 Å². The second-order valence-electron chi connectivity index (χ2n) is 10.8. The van der Waals surface area contributed by atoms with Crippen LogP contribution in [0.15, 0.2) is 66.9 Å². The molecule has 0 spiro atoms. The first kappa shape index (κ1) is 25.6. The van der Waals surface area contributed by atoms with Crippen molar-refractivity contribution in [3.05, 3.63) is 95.1 Å². The molecular weight excluding hydrogens is 460 g/mol. The molecule has 37 heavy (non-hydrogen) atoms. The Morgan fingerprint density at radius 2 is 1.84 bits per heavy atom. The topological polar surface area (TPSA) is 69.6 Å². The van der Waals surface area contributed by atoms with E-state index in [0.29, 0.717) is 13.0 Å². The highest BCUT2D eigenvalue weighted by Gasteiger charge is 2.39. The summed E-state index contributed by atoms with van der Waals surface area (Å²) in [6.45, 7) is 4.64. The first-order chi connectivity index (χ1) is 18.0. The number of likely N-dealkylation sites (N-methyl/N-ethyl adjacent to an activating group) is 1. The molecule has 6 heteroatoms. The van der Waals surface area contributed by atoms with Gasteiger partial charge in [0, 0.05) is 49.6 Å². The summed E-state index contributed by atoms with van der Waals surface area (Å²) >= 11 is 0. The fraction of sp³-hybridized carbons (Fsp3) is 0.452. The van der Waals surface area contributed by atoms with E-state index in [1.807, 2.05) is 30.5 Å². The van der Waals surface area contributed by atoms with Crippen molar-refractivity contribution in [1.82, 2.24) is 19.8 Å².